The van der Waals surface area contributed by atoms with Gasteiger partial charge >= 0.3 is 0 Å². The van der Waals surface area contributed by atoms with Gasteiger partial charge in [-0.25, -0.2) is 27.8 Å². The molecule has 0 spiro atoms. The number of halogens is 3. The van der Waals surface area contributed by atoms with Crippen molar-refractivity contribution in [3.8, 4) is 0 Å². The number of hydrogen-bond donors (Lipinski definition) is 2. The average Bonchev–Trinajstić information content (AvgIpc) is 3.28. The number of piperidine rings is 1. The van der Waals surface area contributed by atoms with Gasteiger partial charge in [0.1, 0.15) is 41.5 Å². The zero-order valence-electron chi connectivity index (χ0n) is 17.6. The van der Waals surface area contributed by atoms with Crippen LogP contribution in [0.3, 0.4) is 0 Å². The van der Waals surface area contributed by atoms with Crippen molar-refractivity contribution in [3.05, 3.63) is 72.2 Å². The van der Waals surface area contributed by atoms with Crippen LogP contribution in [0.15, 0.2) is 49.2 Å². The first-order valence-electron chi connectivity index (χ1n) is 10.5. The van der Waals surface area contributed by atoms with Gasteiger partial charge in [0.25, 0.3) is 0 Å². The highest BCUT2D eigenvalue weighted by molar-refractivity contribution is 5.35. The molecule has 0 aliphatic carbocycles. The van der Waals surface area contributed by atoms with Gasteiger partial charge in [-0.15, -0.1) is 0 Å². The third-order valence-corrected chi connectivity index (χ3v) is 6.11. The maximum absolute atomic E-state index is 14.7. The zero-order chi connectivity index (χ0) is 22.7. The molecule has 0 unspecified atom stereocenters. The van der Waals surface area contributed by atoms with Crippen molar-refractivity contribution in [2.24, 2.45) is 0 Å². The Labute approximate surface area is 183 Å². The van der Waals surface area contributed by atoms with E-state index in [1.165, 1.54) is 35.7 Å². The van der Waals surface area contributed by atoms with Crippen LogP contribution in [0.2, 0.25) is 0 Å². The largest absolute Gasteiger partial charge is 0.381 e. The SMILES string of the molecule is C[C@@H](N1CCC(Nc2ccc(F)cn2)CC1)[C@](O)(Cn1cncn1)c1ccc(F)cc1F. The van der Waals surface area contributed by atoms with Gasteiger partial charge < -0.3 is 10.4 Å². The second-order valence-corrected chi connectivity index (χ2v) is 8.13. The minimum Gasteiger partial charge on any atom is -0.381 e. The Morgan fingerprint density at radius 3 is 2.53 bits per heavy atom. The first kappa shape index (κ1) is 22.2. The summed E-state index contributed by atoms with van der Waals surface area (Å²) in [6.45, 7) is 3.08. The molecule has 0 saturated carbocycles. The predicted octanol–water partition coefficient (Wildman–Crippen LogP) is 2.94. The number of hydrogen-bond acceptors (Lipinski definition) is 6. The molecule has 1 aliphatic heterocycles. The second-order valence-electron chi connectivity index (χ2n) is 8.13. The Morgan fingerprint density at radius 1 is 1.16 bits per heavy atom. The predicted molar refractivity (Wildman–Crippen MR) is 112 cm³/mol. The number of nitrogens with zero attached hydrogens (tertiary/aromatic N) is 5. The minimum atomic E-state index is -1.66. The molecule has 1 aromatic carbocycles. The Morgan fingerprint density at radius 2 is 1.91 bits per heavy atom. The molecule has 3 heterocycles. The van der Waals surface area contributed by atoms with Crippen LogP contribution in [-0.2, 0) is 12.1 Å². The van der Waals surface area contributed by atoms with Gasteiger partial charge in [0, 0.05) is 36.8 Å². The monoisotopic (exact) mass is 446 g/mol. The first-order valence-corrected chi connectivity index (χ1v) is 10.5. The fraction of sp³-hybridized carbons (Fsp3) is 0.409. The molecule has 32 heavy (non-hydrogen) atoms. The van der Waals surface area contributed by atoms with E-state index in [2.05, 4.69) is 25.3 Å². The van der Waals surface area contributed by atoms with Crippen molar-refractivity contribution in [1.82, 2.24) is 24.6 Å². The van der Waals surface area contributed by atoms with Crippen molar-refractivity contribution in [2.45, 2.75) is 44.0 Å². The van der Waals surface area contributed by atoms with Gasteiger partial charge in [-0.2, -0.15) is 5.10 Å². The molecule has 1 saturated heterocycles. The summed E-state index contributed by atoms with van der Waals surface area (Å²) in [5.41, 5.74) is -1.65. The molecule has 0 amide bonds. The van der Waals surface area contributed by atoms with E-state index < -0.39 is 23.3 Å². The van der Waals surface area contributed by atoms with E-state index in [0.29, 0.717) is 18.9 Å². The standard InChI is InChI=1S/C22H25F3N6O/c1-15(30-8-6-18(7-9-30)29-21-5-3-17(24)11-27-21)22(32,12-31-14-26-13-28-31)19-4-2-16(23)10-20(19)25/h2-5,10-11,13-15,18,32H,6-9,12H2,1H3,(H,27,29)/t15-,22-/m1/s1. The van der Waals surface area contributed by atoms with Crippen molar-refractivity contribution < 1.29 is 18.3 Å². The molecule has 170 valence electrons. The van der Waals surface area contributed by atoms with Gasteiger partial charge in [-0.05, 0) is 38.0 Å². The van der Waals surface area contributed by atoms with Crippen LogP contribution in [-0.4, -0.2) is 54.9 Å². The third kappa shape index (κ3) is 4.76. The van der Waals surface area contributed by atoms with Crippen molar-refractivity contribution >= 4 is 5.82 Å². The smallest absolute Gasteiger partial charge is 0.141 e. The minimum absolute atomic E-state index is 0.0117. The maximum atomic E-state index is 14.7. The van der Waals surface area contributed by atoms with E-state index in [9.17, 15) is 18.3 Å². The number of benzene rings is 1. The molecule has 4 rings (SSSR count). The molecule has 10 heteroatoms. The summed E-state index contributed by atoms with van der Waals surface area (Å²) in [5.74, 6) is -1.30. The van der Waals surface area contributed by atoms with E-state index in [1.807, 2.05) is 6.92 Å². The molecule has 1 aliphatic rings. The van der Waals surface area contributed by atoms with Gasteiger partial charge in [-0.3, -0.25) is 4.90 Å². The highest BCUT2D eigenvalue weighted by Crippen LogP contribution is 2.34. The number of rotatable bonds is 7. The summed E-state index contributed by atoms with van der Waals surface area (Å²) in [6.07, 6.45) is 5.47. The van der Waals surface area contributed by atoms with Crippen LogP contribution >= 0.6 is 0 Å². The molecule has 2 N–H and O–H groups in total. The van der Waals surface area contributed by atoms with E-state index in [4.69, 9.17) is 0 Å². The van der Waals surface area contributed by atoms with E-state index in [0.717, 1.165) is 25.0 Å². The van der Waals surface area contributed by atoms with Crippen LogP contribution in [0, 0.1) is 17.5 Å². The lowest BCUT2D eigenvalue weighted by Crippen LogP contribution is -2.55. The molecule has 7 nitrogen and oxygen atoms in total. The molecular weight excluding hydrogens is 421 g/mol. The van der Waals surface area contributed by atoms with Gasteiger partial charge in [-0.1, -0.05) is 6.07 Å². The number of anilines is 1. The number of aliphatic hydroxyl groups is 1. The molecule has 3 aromatic rings. The first-order chi connectivity index (χ1) is 15.3. The van der Waals surface area contributed by atoms with Gasteiger partial charge in [0.15, 0.2) is 0 Å². The lowest BCUT2D eigenvalue weighted by molar-refractivity contribution is -0.0686. The second kappa shape index (κ2) is 9.25. The summed E-state index contributed by atoms with van der Waals surface area (Å²) < 4.78 is 42.8. The summed E-state index contributed by atoms with van der Waals surface area (Å²) in [7, 11) is 0. The maximum Gasteiger partial charge on any atom is 0.141 e. The summed E-state index contributed by atoms with van der Waals surface area (Å²) >= 11 is 0. The summed E-state index contributed by atoms with van der Waals surface area (Å²) in [6, 6.07) is 5.81. The Kier molecular flexibility index (Phi) is 6.43. The van der Waals surface area contributed by atoms with E-state index in [1.54, 1.807) is 6.07 Å². The Hall–Kier alpha value is -2.98. The third-order valence-electron chi connectivity index (χ3n) is 6.11. The fourth-order valence-corrected chi connectivity index (χ4v) is 4.25. The number of nitrogens with one attached hydrogen (secondary N) is 1. The molecule has 0 bridgehead atoms. The van der Waals surface area contributed by atoms with Crippen molar-refractivity contribution in [3.63, 3.8) is 0 Å². The highest BCUT2D eigenvalue weighted by atomic mass is 19.1. The Bertz CT molecular complexity index is 1020. The topological polar surface area (TPSA) is 79.1 Å². The van der Waals surface area contributed by atoms with Crippen LogP contribution in [0.4, 0.5) is 19.0 Å². The molecular formula is C22H25F3N6O. The van der Waals surface area contributed by atoms with Crippen LogP contribution in [0.5, 0.6) is 0 Å². The fourth-order valence-electron chi connectivity index (χ4n) is 4.25. The highest BCUT2D eigenvalue weighted by Gasteiger charge is 2.42. The van der Waals surface area contributed by atoms with Gasteiger partial charge in [0.05, 0.1) is 12.7 Å². The molecule has 0 radical (unpaired) electrons. The Balaban J connectivity index is 1.50. The number of likely N-dealkylation sites (tertiary alicyclic amines) is 1. The van der Waals surface area contributed by atoms with Crippen molar-refractivity contribution in [1.29, 1.82) is 0 Å². The molecule has 2 atom stereocenters. The van der Waals surface area contributed by atoms with Crippen LogP contribution < -0.4 is 5.32 Å². The van der Waals surface area contributed by atoms with E-state index in [-0.39, 0.29) is 24.0 Å². The quantitative estimate of drug-likeness (QED) is 0.581. The average molecular weight is 446 g/mol. The normalized spacial score (nSPS) is 18.3. The molecule has 2 aromatic heterocycles. The van der Waals surface area contributed by atoms with E-state index >= 15 is 0 Å². The molecule has 1 fully saturated rings. The number of aromatic nitrogens is 4. The van der Waals surface area contributed by atoms with Crippen LogP contribution in [0.1, 0.15) is 25.3 Å². The zero-order valence-corrected chi connectivity index (χ0v) is 17.6. The number of pyridine rings is 1. The summed E-state index contributed by atoms with van der Waals surface area (Å²) in [5, 5.41) is 19.1. The lowest BCUT2D eigenvalue weighted by Gasteiger charge is -2.44. The van der Waals surface area contributed by atoms with Crippen LogP contribution in [0.25, 0.3) is 0 Å². The van der Waals surface area contributed by atoms with Crippen molar-refractivity contribution in [2.75, 3.05) is 18.4 Å². The summed E-state index contributed by atoms with van der Waals surface area (Å²) in [4.78, 5) is 10.0. The lowest BCUT2D eigenvalue weighted by atomic mass is 9.84. The van der Waals surface area contributed by atoms with Gasteiger partial charge in [0.2, 0.25) is 0 Å².